The summed E-state index contributed by atoms with van der Waals surface area (Å²) in [5.41, 5.74) is 0.173. The minimum atomic E-state index is -0.440. The Morgan fingerprint density at radius 2 is 1.70 bits per heavy atom. The summed E-state index contributed by atoms with van der Waals surface area (Å²) in [5.74, 6) is -0.640. The van der Waals surface area contributed by atoms with Gasteiger partial charge in [0.15, 0.2) is 0 Å². The molecule has 1 aromatic heterocycles. The Hall–Kier alpha value is -2.10. The number of aromatic nitrogens is 1. The normalized spacial score (nSPS) is 16.4. The number of likely N-dealkylation sites (tertiary alicyclic amines) is 1. The molecule has 0 saturated carbocycles. The molecule has 2 aromatic rings. The number of halogens is 1. The number of rotatable bonds is 2. The van der Waals surface area contributed by atoms with Crippen LogP contribution in [0.15, 0.2) is 48.8 Å². The van der Waals surface area contributed by atoms with Crippen molar-refractivity contribution in [3.05, 3.63) is 60.2 Å². The van der Waals surface area contributed by atoms with Crippen LogP contribution < -0.4 is 0 Å². The molecule has 0 unspecified atom stereocenters. The van der Waals surface area contributed by atoms with E-state index in [2.05, 4.69) is 17.0 Å². The van der Waals surface area contributed by atoms with Gasteiger partial charge in [0.1, 0.15) is 5.82 Å². The second-order valence-corrected chi connectivity index (χ2v) is 5.13. The Morgan fingerprint density at radius 1 is 1.05 bits per heavy atom. The molecule has 2 heterocycles. The molecule has 0 atom stereocenters. The van der Waals surface area contributed by atoms with Crippen LogP contribution in [0.3, 0.4) is 0 Å². The lowest BCUT2D eigenvalue weighted by molar-refractivity contribution is 0.0690. The Kier molecular flexibility index (Phi) is 3.54. The lowest BCUT2D eigenvalue weighted by Gasteiger charge is -2.32. The largest absolute Gasteiger partial charge is 0.351 e. The average Bonchev–Trinajstić information content (AvgIpc) is 3.01. The van der Waals surface area contributed by atoms with Gasteiger partial charge in [-0.3, -0.25) is 4.79 Å². The van der Waals surface area contributed by atoms with Crippen LogP contribution >= 0.6 is 0 Å². The van der Waals surface area contributed by atoms with Gasteiger partial charge in [-0.25, -0.2) is 4.39 Å². The maximum Gasteiger partial charge on any atom is 0.256 e. The number of carbonyl (C=O) groups is 1. The fourth-order valence-electron chi connectivity index (χ4n) is 2.76. The number of piperidine rings is 1. The van der Waals surface area contributed by atoms with Crippen LogP contribution in [0.4, 0.5) is 4.39 Å². The number of carbonyl (C=O) groups excluding carboxylic acids is 1. The lowest BCUT2D eigenvalue weighted by Crippen LogP contribution is -2.39. The first-order valence-electron chi connectivity index (χ1n) is 6.92. The zero-order chi connectivity index (χ0) is 13.9. The summed E-state index contributed by atoms with van der Waals surface area (Å²) in [6, 6.07) is 10.6. The smallest absolute Gasteiger partial charge is 0.256 e. The molecule has 20 heavy (non-hydrogen) atoms. The van der Waals surface area contributed by atoms with E-state index in [4.69, 9.17) is 0 Å². The summed E-state index contributed by atoms with van der Waals surface area (Å²) in [4.78, 5) is 14.0. The molecule has 0 bridgehead atoms. The monoisotopic (exact) mass is 272 g/mol. The van der Waals surface area contributed by atoms with Crippen molar-refractivity contribution < 1.29 is 9.18 Å². The van der Waals surface area contributed by atoms with Crippen LogP contribution in [0.5, 0.6) is 0 Å². The van der Waals surface area contributed by atoms with E-state index in [0.717, 1.165) is 12.8 Å². The molecule has 4 heteroatoms. The lowest BCUT2D eigenvalue weighted by atomic mass is 10.0. The van der Waals surface area contributed by atoms with Gasteiger partial charge in [-0.2, -0.15) is 0 Å². The fourth-order valence-corrected chi connectivity index (χ4v) is 2.76. The Bertz CT molecular complexity index is 586. The van der Waals surface area contributed by atoms with Crippen molar-refractivity contribution in [3.63, 3.8) is 0 Å². The molecule has 3 nitrogen and oxygen atoms in total. The zero-order valence-corrected chi connectivity index (χ0v) is 11.2. The van der Waals surface area contributed by atoms with Crippen molar-refractivity contribution in [2.75, 3.05) is 13.1 Å². The number of benzene rings is 1. The van der Waals surface area contributed by atoms with Crippen LogP contribution in [0.1, 0.15) is 29.2 Å². The van der Waals surface area contributed by atoms with E-state index < -0.39 is 5.82 Å². The molecule has 1 aromatic carbocycles. The standard InChI is InChI=1S/C16H17FN2O/c17-15-6-2-1-5-14(15)16(20)19-11-7-13(8-12-19)18-9-3-4-10-18/h1-6,9-10,13H,7-8,11-12H2. The maximum atomic E-state index is 13.6. The number of hydrogen-bond donors (Lipinski definition) is 0. The van der Waals surface area contributed by atoms with Crippen LogP contribution in [-0.2, 0) is 0 Å². The highest BCUT2D eigenvalue weighted by Crippen LogP contribution is 2.24. The van der Waals surface area contributed by atoms with E-state index >= 15 is 0 Å². The second-order valence-electron chi connectivity index (χ2n) is 5.13. The molecular formula is C16H17FN2O. The highest BCUT2D eigenvalue weighted by molar-refractivity contribution is 5.94. The quantitative estimate of drug-likeness (QED) is 0.824. The fraction of sp³-hybridized carbons (Fsp3) is 0.312. The Morgan fingerprint density at radius 3 is 2.35 bits per heavy atom. The molecule has 0 aliphatic carbocycles. The van der Waals surface area contributed by atoms with Gasteiger partial charge in [-0.05, 0) is 37.1 Å². The predicted molar refractivity (Wildman–Crippen MR) is 75.0 cm³/mol. The van der Waals surface area contributed by atoms with E-state index in [1.165, 1.54) is 6.07 Å². The van der Waals surface area contributed by atoms with Crippen molar-refractivity contribution in [3.8, 4) is 0 Å². The van der Waals surface area contributed by atoms with Crippen LogP contribution in [0, 0.1) is 5.82 Å². The molecule has 1 aliphatic heterocycles. The summed E-state index contributed by atoms with van der Waals surface area (Å²) in [6.45, 7) is 1.35. The molecule has 0 N–H and O–H groups in total. The van der Waals surface area contributed by atoms with Crippen molar-refractivity contribution in [1.29, 1.82) is 0 Å². The Labute approximate surface area is 117 Å². The first-order chi connectivity index (χ1) is 9.75. The first kappa shape index (κ1) is 12.9. The minimum Gasteiger partial charge on any atom is -0.351 e. The third-order valence-electron chi connectivity index (χ3n) is 3.91. The summed E-state index contributed by atoms with van der Waals surface area (Å²) in [7, 11) is 0. The first-order valence-corrected chi connectivity index (χ1v) is 6.92. The van der Waals surface area contributed by atoms with Crippen molar-refractivity contribution in [2.24, 2.45) is 0 Å². The van der Waals surface area contributed by atoms with Crippen LogP contribution in [0.25, 0.3) is 0 Å². The number of nitrogens with zero attached hydrogens (tertiary/aromatic N) is 2. The summed E-state index contributed by atoms with van der Waals surface area (Å²) >= 11 is 0. The molecule has 104 valence electrons. The minimum absolute atomic E-state index is 0.173. The SMILES string of the molecule is O=C(c1ccccc1F)N1CCC(n2cccc2)CC1. The van der Waals surface area contributed by atoms with Crippen molar-refractivity contribution in [2.45, 2.75) is 18.9 Å². The third kappa shape index (κ3) is 2.46. The van der Waals surface area contributed by atoms with Crippen LogP contribution in [-0.4, -0.2) is 28.5 Å². The van der Waals surface area contributed by atoms with Crippen molar-refractivity contribution >= 4 is 5.91 Å². The predicted octanol–water partition coefficient (Wildman–Crippen LogP) is 3.10. The molecule has 1 amide bonds. The van der Waals surface area contributed by atoms with Gasteiger partial charge < -0.3 is 9.47 Å². The van der Waals surface area contributed by atoms with Gasteiger partial charge in [0.25, 0.3) is 5.91 Å². The molecule has 0 radical (unpaired) electrons. The maximum absolute atomic E-state index is 13.6. The number of hydrogen-bond acceptors (Lipinski definition) is 1. The van der Waals surface area contributed by atoms with Gasteiger partial charge in [-0.1, -0.05) is 12.1 Å². The van der Waals surface area contributed by atoms with Gasteiger partial charge in [-0.15, -0.1) is 0 Å². The molecule has 0 spiro atoms. The highest BCUT2D eigenvalue weighted by atomic mass is 19.1. The highest BCUT2D eigenvalue weighted by Gasteiger charge is 2.25. The molecule has 1 saturated heterocycles. The molecule has 1 fully saturated rings. The van der Waals surface area contributed by atoms with Gasteiger partial charge >= 0.3 is 0 Å². The summed E-state index contributed by atoms with van der Waals surface area (Å²) in [6.07, 6.45) is 5.93. The summed E-state index contributed by atoms with van der Waals surface area (Å²) < 4.78 is 15.8. The van der Waals surface area contributed by atoms with E-state index in [1.807, 2.05) is 12.1 Å². The summed E-state index contributed by atoms with van der Waals surface area (Å²) in [5, 5.41) is 0. The average molecular weight is 272 g/mol. The zero-order valence-electron chi connectivity index (χ0n) is 11.2. The van der Waals surface area contributed by atoms with E-state index in [0.29, 0.717) is 19.1 Å². The second kappa shape index (κ2) is 5.49. The molecule has 3 rings (SSSR count). The topological polar surface area (TPSA) is 25.2 Å². The van der Waals surface area contributed by atoms with E-state index in [1.54, 1.807) is 23.1 Å². The third-order valence-corrected chi connectivity index (χ3v) is 3.91. The van der Waals surface area contributed by atoms with E-state index in [9.17, 15) is 9.18 Å². The van der Waals surface area contributed by atoms with E-state index in [-0.39, 0.29) is 11.5 Å². The van der Waals surface area contributed by atoms with Gasteiger partial charge in [0.2, 0.25) is 0 Å². The van der Waals surface area contributed by atoms with Crippen LogP contribution in [0.2, 0.25) is 0 Å². The van der Waals surface area contributed by atoms with Gasteiger partial charge in [0, 0.05) is 31.5 Å². The van der Waals surface area contributed by atoms with Crippen molar-refractivity contribution in [1.82, 2.24) is 9.47 Å². The Balaban J connectivity index is 1.66. The molecular weight excluding hydrogens is 255 g/mol. The van der Waals surface area contributed by atoms with Gasteiger partial charge in [0.05, 0.1) is 5.56 Å². The molecule has 1 aliphatic rings. The number of amides is 1.